The van der Waals surface area contributed by atoms with E-state index < -0.39 is 11.7 Å². The third-order valence-electron chi connectivity index (χ3n) is 3.04. The lowest BCUT2D eigenvalue weighted by Gasteiger charge is -2.28. The number of nitrogens with zero attached hydrogens (tertiary/aromatic N) is 4. The van der Waals surface area contributed by atoms with Crippen LogP contribution in [-0.4, -0.2) is 33.1 Å². The summed E-state index contributed by atoms with van der Waals surface area (Å²) in [5, 5.41) is 10.6. The highest BCUT2D eigenvalue weighted by Crippen LogP contribution is 2.36. The minimum Gasteiger partial charge on any atom is -0.312 e. The first-order chi connectivity index (χ1) is 9.07. The molecule has 0 radical (unpaired) electrons. The Labute approximate surface area is 106 Å². The molecule has 1 N–H and O–H groups in total. The van der Waals surface area contributed by atoms with Crippen molar-refractivity contribution in [3.63, 3.8) is 0 Å². The molecule has 0 aromatic carbocycles. The molecule has 0 saturated carbocycles. The lowest BCUT2D eigenvalue weighted by molar-refractivity contribution is -0.137. The number of rotatable bonds is 2. The van der Waals surface area contributed by atoms with Gasteiger partial charge in [-0.2, -0.15) is 13.2 Å². The SMILES string of the molecule is FC(F)(F)c1cccnc1-c1cnnn1C1CNC1. The largest absolute Gasteiger partial charge is 0.418 e. The lowest BCUT2D eigenvalue weighted by Crippen LogP contribution is -2.44. The standard InChI is InChI=1S/C11H10F3N5/c12-11(13,14)8-2-1-3-16-10(8)9-6-17-18-19(9)7-4-15-5-7/h1-3,6-7,15H,4-5H2. The monoisotopic (exact) mass is 269 g/mol. The third-order valence-corrected chi connectivity index (χ3v) is 3.04. The number of hydrogen-bond acceptors (Lipinski definition) is 4. The van der Waals surface area contributed by atoms with Crippen LogP contribution >= 0.6 is 0 Å². The van der Waals surface area contributed by atoms with Gasteiger partial charge in [0.05, 0.1) is 17.8 Å². The van der Waals surface area contributed by atoms with Gasteiger partial charge in [0.15, 0.2) is 0 Å². The summed E-state index contributed by atoms with van der Waals surface area (Å²) in [5.41, 5.74) is -0.614. The Hall–Kier alpha value is -1.96. The molecule has 19 heavy (non-hydrogen) atoms. The number of halogens is 3. The fraction of sp³-hybridized carbons (Fsp3) is 0.364. The molecule has 5 nitrogen and oxygen atoms in total. The summed E-state index contributed by atoms with van der Waals surface area (Å²) in [6, 6.07) is 2.31. The molecule has 1 aliphatic heterocycles. The van der Waals surface area contributed by atoms with Gasteiger partial charge in [-0.1, -0.05) is 5.21 Å². The van der Waals surface area contributed by atoms with Crippen molar-refractivity contribution in [2.75, 3.05) is 13.1 Å². The van der Waals surface area contributed by atoms with Gasteiger partial charge < -0.3 is 5.32 Å². The van der Waals surface area contributed by atoms with Gasteiger partial charge >= 0.3 is 6.18 Å². The molecule has 1 saturated heterocycles. The molecule has 0 aliphatic carbocycles. The van der Waals surface area contributed by atoms with Crippen LogP contribution in [0.1, 0.15) is 11.6 Å². The predicted molar refractivity (Wildman–Crippen MR) is 60.2 cm³/mol. The number of pyridine rings is 1. The smallest absolute Gasteiger partial charge is 0.312 e. The van der Waals surface area contributed by atoms with Gasteiger partial charge in [-0.15, -0.1) is 5.10 Å². The maximum Gasteiger partial charge on any atom is 0.418 e. The molecular weight excluding hydrogens is 259 g/mol. The molecule has 1 aliphatic rings. The minimum absolute atomic E-state index is 0.0283. The van der Waals surface area contributed by atoms with E-state index in [-0.39, 0.29) is 11.7 Å². The van der Waals surface area contributed by atoms with Crippen molar-refractivity contribution in [3.05, 3.63) is 30.1 Å². The summed E-state index contributed by atoms with van der Waals surface area (Å²) >= 11 is 0. The average molecular weight is 269 g/mol. The van der Waals surface area contributed by atoms with Crippen LogP contribution < -0.4 is 5.32 Å². The summed E-state index contributed by atoms with van der Waals surface area (Å²) in [6.07, 6.45) is -1.80. The van der Waals surface area contributed by atoms with Gasteiger partial charge in [0.25, 0.3) is 0 Å². The molecular formula is C11H10F3N5. The van der Waals surface area contributed by atoms with Gasteiger partial charge in [0.1, 0.15) is 11.4 Å². The zero-order valence-electron chi connectivity index (χ0n) is 9.72. The van der Waals surface area contributed by atoms with Crippen LogP contribution in [0.5, 0.6) is 0 Å². The quantitative estimate of drug-likeness (QED) is 0.897. The average Bonchev–Trinajstić information content (AvgIpc) is 2.74. The topological polar surface area (TPSA) is 55.6 Å². The minimum atomic E-state index is -4.45. The van der Waals surface area contributed by atoms with Crippen molar-refractivity contribution < 1.29 is 13.2 Å². The second kappa shape index (κ2) is 4.30. The van der Waals surface area contributed by atoms with E-state index in [2.05, 4.69) is 20.6 Å². The molecule has 2 aromatic heterocycles. The molecule has 0 unspecified atom stereocenters. The molecule has 0 bridgehead atoms. The highest BCUT2D eigenvalue weighted by atomic mass is 19.4. The van der Waals surface area contributed by atoms with E-state index in [1.807, 2.05) is 0 Å². The van der Waals surface area contributed by atoms with Crippen molar-refractivity contribution in [2.45, 2.75) is 12.2 Å². The van der Waals surface area contributed by atoms with Crippen LogP contribution in [0.15, 0.2) is 24.5 Å². The van der Waals surface area contributed by atoms with Crippen LogP contribution in [0.4, 0.5) is 13.2 Å². The third kappa shape index (κ3) is 2.07. The zero-order valence-corrected chi connectivity index (χ0v) is 9.72. The highest BCUT2D eigenvalue weighted by Gasteiger charge is 2.36. The van der Waals surface area contributed by atoms with E-state index in [4.69, 9.17) is 0 Å². The predicted octanol–water partition coefficient (Wildman–Crippen LogP) is 1.50. The molecule has 3 rings (SSSR count). The van der Waals surface area contributed by atoms with Crippen LogP contribution in [0, 0.1) is 0 Å². The molecule has 8 heteroatoms. The van der Waals surface area contributed by atoms with Gasteiger partial charge in [0.2, 0.25) is 0 Å². The first-order valence-corrected chi connectivity index (χ1v) is 5.71. The number of aromatic nitrogens is 4. The Bertz CT molecular complexity index is 588. The van der Waals surface area contributed by atoms with E-state index in [9.17, 15) is 13.2 Å². The molecule has 0 spiro atoms. The molecule has 0 atom stereocenters. The Morgan fingerprint density at radius 1 is 1.32 bits per heavy atom. The van der Waals surface area contributed by atoms with Crippen LogP contribution in [0.2, 0.25) is 0 Å². The summed E-state index contributed by atoms with van der Waals surface area (Å²) in [4.78, 5) is 3.85. The van der Waals surface area contributed by atoms with Crippen LogP contribution in [0.25, 0.3) is 11.4 Å². The van der Waals surface area contributed by atoms with E-state index >= 15 is 0 Å². The molecule has 0 amide bonds. The van der Waals surface area contributed by atoms with E-state index in [1.54, 1.807) is 0 Å². The Morgan fingerprint density at radius 2 is 2.11 bits per heavy atom. The first-order valence-electron chi connectivity index (χ1n) is 5.71. The van der Waals surface area contributed by atoms with Crippen molar-refractivity contribution in [1.82, 2.24) is 25.3 Å². The number of alkyl halides is 3. The fourth-order valence-corrected chi connectivity index (χ4v) is 1.97. The maximum absolute atomic E-state index is 13.0. The van der Waals surface area contributed by atoms with Gasteiger partial charge in [-0.05, 0) is 12.1 Å². The highest BCUT2D eigenvalue weighted by molar-refractivity contribution is 5.59. The molecule has 2 aromatic rings. The van der Waals surface area contributed by atoms with Crippen molar-refractivity contribution in [3.8, 4) is 11.4 Å². The maximum atomic E-state index is 13.0. The van der Waals surface area contributed by atoms with Crippen molar-refractivity contribution >= 4 is 0 Å². The second-order valence-electron chi connectivity index (χ2n) is 4.27. The summed E-state index contributed by atoms with van der Waals surface area (Å²) in [7, 11) is 0. The Balaban J connectivity index is 2.10. The molecule has 100 valence electrons. The lowest BCUT2D eigenvalue weighted by atomic mass is 10.1. The first kappa shape index (κ1) is 12.1. The fourth-order valence-electron chi connectivity index (χ4n) is 1.97. The van der Waals surface area contributed by atoms with Gasteiger partial charge in [0, 0.05) is 19.3 Å². The van der Waals surface area contributed by atoms with E-state index in [0.717, 1.165) is 6.07 Å². The Kier molecular flexibility index (Phi) is 2.74. The van der Waals surface area contributed by atoms with E-state index in [0.29, 0.717) is 18.8 Å². The van der Waals surface area contributed by atoms with Gasteiger partial charge in [-0.25, -0.2) is 4.68 Å². The number of nitrogens with one attached hydrogen (secondary N) is 1. The normalized spacial score (nSPS) is 16.4. The van der Waals surface area contributed by atoms with Crippen LogP contribution in [0.3, 0.4) is 0 Å². The van der Waals surface area contributed by atoms with Gasteiger partial charge in [-0.3, -0.25) is 4.98 Å². The summed E-state index contributed by atoms with van der Waals surface area (Å²) < 4.78 is 40.4. The summed E-state index contributed by atoms with van der Waals surface area (Å²) in [6.45, 7) is 1.34. The number of hydrogen-bond donors (Lipinski definition) is 1. The Morgan fingerprint density at radius 3 is 2.74 bits per heavy atom. The van der Waals surface area contributed by atoms with Crippen LogP contribution in [-0.2, 0) is 6.18 Å². The molecule has 1 fully saturated rings. The van der Waals surface area contributed by atoms with Crippen molar-refractivity contribution in [1.29, 1.82) is 0 Å². The zero-order chi connectivity index (χ0) is 13.5. The van der Waals surface area contributed by atoms with Crippen molar-refractivity contribution in [2.24, 2.45) is 0 Å². The second-order valence-corrected chi connectivity index (χ2v) is 4.27. The summed E-state index contributed by atoms with van der Waals surface area (Å²) in [5.74, 6) is 0. The van der Waals surface area contributed by atoms with E-state index in [1.165, 1.54) is 23.1 Å². The molecule has 3 heterocycles.